The molecule has 1 N–H and O–H groups in total. The van der Waals surface area contributed by atoms with Gasteiger partial charge in [0.2, 0.25) is 5.75 Å². The summed E-state index contributed by atoms with van der Waals surface area (Å²) in [6.07, 6.45) is 1.81. The molecule has 0 saturated heterocycles. The molecule has 0 bridgehead atoms. The largest absolute Gasteiger partial charge is 0.493 e. The predicted octanol–water partition coefficient (Wildman–Crippen LogP) is 5.40. The highest BCUT2D eigenvalue weighted by atomic mass is 32.1. The van der Waals surface area contributed by atoms with Gasteiger partial charge in [0, 0.05) is 17.1 Å². The van der Waals surface area contributed by atoms with E-state index < -0.39 is 0 Å². The van der Waals surface area contributed by atoms with E-state index in [4.69, 9.17) is 28.8 Å². The van der Waals surface area contributed by atoms with Crippen LogP contribution in [0.1, 0.15) is 0 Å². The van der Waals surface area contributed by atoms with Crippen molar-refractivity contribution >= 4 is 38.6 Å². The second kappa shape index (κ2) is 9.22. The summed E-state index contributed by atoms with van der Waals surface area (Å²) < 4.78 is 30.2. The molecular formula is C25H24N4O5S. The Morgan fingerprint density at radius 3 is 2.26 bits per heavy atom. The van der Waals surface area contributed by atoms with E-state index in [-0.39, 0.29) is 0 Å². The summed E-state index contributed by atoms with van der Waals surface area (Å²) >= 11 is 1.58. The van der Waals surface area contributed by atoms with Crippen molar-refractivity contribution in [2.24, 2.45) is 0 Å². The zero-order chi connectivity index (χ0) is 24.5. The maximum Gasteiger partial charge on any atom is 0.204 e. The Hall–Kier alpha value is -4.18. The molecular weight excluding hydrogens is 468 g/mol. The minimum absolute atomic E-state index is 0.563. The van der Waals surface area contributed by atoms with E-state index in [9.17, 15) is 0 Å². The molecule has 10 heteroatoms. The molecule has 5 rings (SSSR count). The van der Waals surface area contributed by atoms with E-state index in [1.54, 1.807) is 46.9 Å². The molecule has 35 heavy (non-hydrogen) atoms. The molecule has 0 atom stereocenters. The van der Waals surface area contributed by atoms with Gasteiger partial charge in [-0.15, -0.1) is 16.4 Å². The van der Waals surface area contributed by atoms with Gasteiger partial charge < -0.3 is 29.0 Å². The number of hydrogen-bond donors (Lipinski definition) is 1. The molecule has 0 aliphatic rings. The molecule has 0 amide bonds. The highest BCUT2D eigenvalue weighted by Crippen LogP contribution is 2.48. The van der Waals surface area contributed by atoms with Crippen LogP contribution in [0, 0.1) is 0 Å². The number of rotatable bonds is 8. The quantitative estimate of drug-likeness (QED) is 0.308. The van der Waals surface area contributed by atoms with Crippen LogP contribution >= 0.6 is 11.3 Å². The van der Waals surface area contributed by atoms with Gasteiger partial charge in [0.25, 0.3) is 0 Å². The first kappa shape index (κ1) is 22.6. The second-order valence-corrected chi connectivity index (χ2v) is 8.55. The Balaban J connectivity index is 1.56. The Morgan fingerprint density at radius 2 is 1.54 bits per heavy atom. The van der Waals surface area contributed by atoms with Gasteiger partial charge in [-0.25, -0.2) is 9.50 Å². The summed E-state index contributed by atoms with van der Waals surface area (Å²) in [5, 5.41) is 9.08. The predicted molar refractivity (Wildman–Crippen MR) is 136 cm³/mol. The van der Waals surface area contributed by atoms with E-state index >= 15 is 0 Å². The fourth-order valence-corrected chi connectivity index (χ4v) is 5.09. The molecule has 0 fully saturated rings. The number of methoxy groups -OCH3 is 5. The fourth-order valence-electron chi connectivity index (χ4n) is 3.94. The number of ether oxygens (including phenoxy) is 5. The lowest BCUT2D eigenvalue weighted by Crippen LogP contribution is -2.00. The van der Waals surface area contributed by atoms with Crippen LogP contribution in [0.2, 0.25) is 0 Å². The number of aromatic nitrogens is 3. The van der Waals surface area contributed by atoms with Crippen LogP contribution in [0.25, 0.3) is 26.3 Å². The molecule has 5 aromatic rings. The lowest BCUT2D eigenvalue weighted by Gasteiger charge is -2.12. The van der Waals surface area contributed by atoms with Gasteiger partial charge >= 0.3 is 0 Å². The number of thiophene rings is 1. The molecule has 0 aliphatic heterocycles. The lowest BCUT2D eigenvalue weighted by atomic mass is 10.2. The SMILES string of the molecule is COc1ccc(Nc2ccc3ncc(-c4cc5cc(OC)c(OC)c(OC)c5s4)n3n2)cc1OC. The van der Waals surface area contributed by atoms with Crippen molar-refractivity contribution < 1.29 is 23.7 Å². The molecule has 3 aromatic heterocycles. The van der Waals surface area contributed by atoms with E-state index in [0.717, 1.165) is 32.0 Å². The molecule has 9 nitrogen and oxygen atoms in total. The van der Waals surface area contributed by atoms with E-state index in [1.165, 1.54) is 0 Å². The average molecular weight is 493 g/mol. The summed E-state index contributed by atoms with van der Waals surface area (Å²) in [5.74, 6) is 3.76. The summed E-state index contributed by atoms with van der Waals surface area (Å²) in [6.45, 7) is 0. The van der Waals surface area contributed by atoms with Crippen LogP contribution in [0.4, 0.5) is 11.5 Å². The zero-order valence-electron chi connectivity index (χ0n) is 19.9. The van der Waals surface area contributed by atoms with Gasteiger partial charge in [-0.05, 0) is 36.4 Å². The molecule has 0 radical (unpaired) electrons. The lowest BCUT2D eigenvalue weighted by molar-refractivity contribution is 0.327. The van der Waals surface area contributed by atoms with Gasteiger partial charge in [0.05, 0.1) is 51.3 Å². The smallest absolute Gasteiger partial charge is 0.204 e. The fraction of sp³-hybridized carbons (Fsp3) is 0.200. The van der Waals surface area contributed by atoms with Crippen molar-refractivity contribution in [3.05, 3.63) is 48.7 Å². The standard InChI is InChI=1S/C25H24N4O5S/c1-30-17-7-6-15(12-18(17)31-2)27-21-8-9-22-26-13-16(29(22)28-21)20-11-14-10-19(32-3)23(33-4)24(34-5)25(14)35-20/h6-13H,1-5H3,(H,27,28). The molecule has 180 valence electrons. The van der Waals surface area contributed by atoms with Crippen molar-refractivity contribution in [1.29, 1.82) is 0 Å². The van der Waals surface area contributed by atoms with Crippen LogP contribution in [0.5, 0.6) is 28.7 Å². The zero-order valence-corrected chi connectivity index (χ0v) is 20.7. The van der Waals surface area contributed by atoms with Gasteiger partial charge in [0.15, 0.2) is 34.5 Å². The monoisotopic (exact) mass is 492 g/mol. The normalized spacial score (nSPS) is 11.0. The van der Waals surface area contributed by atoms with Crippen molar-refractivity contribution in [1.82, 2.24) is 14.6 Å². The molecule has 0 saturated carbocycles. The first-order valence-corrected chi connectivity index (χ1v) is 11.5. The molecule has 3 heterocycles. The van der Waals surface area contributed by atoms with Crippen LogP contribution in [-0.4, -0.2) is 50.1 Å². The first-order valence-electron chi connectivity index (χ1n) is 10.7. The summed E-state index contributed by atoms with van der Waals surface area (Å²) in [7, 11) is 8.05. The van der Waals surface area contributed by atoms with Crippen molar-refractivity contribution in [2.75, 3.05) is 40.9 Å². The summed E-state index contributed by atoms with van der Waals surface area (Å²) in [4.78, 5) is 5.52. The van der Waals surface area contributed by atoms with Crippen LogP contribution in [0.3, 0.4) is 0 Å². The minimum Gasteiger partial charge on any atom is -0.493 e. The third-order valence-electron chi connectivity index (χ3n) is 5.58. The Bertz CT molecular complexity index is 1530. The van der Waals surface area contributed by atoms with Gasteiger partial charge in [-0.3, -0.25) is 0 Å². The number of benzene rings is 2. The van der Waals surface area contributed by atoms with Crippen LogP contribution < -0.4 is 29.0 Å². The Morgan fingerprint density at radius 1 is 0.771 bits per heavy atom. The maximum absolute atomic E-state index is 5.67. The highest BCUT2D eigenvalue weighted by molar-refractivity contribution is 7.22. The van der Waals surface area contributed by atoms with Crippen molar-refractivity contribution in [3.63, 3.8) is 0 Å². The number of anilines is 2. The number of nitrogens with one attached hydrogen (secondary N) is 1. The number of hydrogen-bond acceptors (Lipinski definition) is 9. The molecule has 2 aromatic carbocycles. The number of imidazole rings is 1. The van der Waals surface area contributed by atoms with Gasteiger partial charge in [0.1, 0.15) is 5.69 Å². The summed E-state index contributed by atoms with van der Waals surface area (Å²) in [5.41, 5.74) is 2.41. The highest BCUT2D eigenvalue weighted by Gasteiger charge is 2.20. The van der Waals surface area contributed by atoms with E-state index in [0.29, 0.717) is 34.6 Å². The second-order valence-electron chi connectivity index (χ2n) is 7.50. The van der Waals surface area contributed by atoms with Crippen LogP contribution in [-0.2, 0) is 0 Å². The van der Waals surface area contributed by atoms with E-state index in [1.807, 2.05) is 47.1 Å². The van der Waals surface area contributed by atoms with Gasteiger partial charge in [-0.1, -0.05) is 0 Å². The topological polar surface area (TPSA) is 88.4 Å². The third kappa shape index (κ3) is 3.91. The third-order valence-corrected chi connectivity index (χ3v) is 6.75. The number of nitrogens with zero attached hydrogens (tertiary/aromatic N) is 3. The van der Waals surface area contributed by atoms with E-state index in [2.05, 4.69) is 16.4 Å². The van der Waals surface area contributed by atoms with Crippen LogP contribution in [0.15, 0.2) is 48.7 Å². The Labute approximate surface area is 205 Å². The van der Waals surface area contributed by atoms with Crippen molar-refractivity contribution in [3.8, 4) is 39.3 Å². The first-order chi connectivity index (χ1) is 17.1. The van der Waals surface area contributed by atoms with Crippen molar-refractivity contribution in [2.45, 2.75) is 0 Å². The van der Waals surface area contributed by atoms with Gasteiger partial charge in [-0.2, -0.15) is 0 Å². The maximum atomic E-state index is 5.67. The minimum atomic E-state index is 0.563. The number of fused-ring (bicyclic) bond motifs is 2. The Kier molecular flexibility index (Phi) is 5.96. The summed E-state index contributed by atoms with van der Waals surface area (Å²) in [6, 6.07) is 13.4. The average Bonchev–Trinajstić information content (AvgIpc) is 3.50. The molecule has 0 spiro atoms. The molecule has 0 aliphatic carbocycles. The molecule has 0 unspecified atom stereocenters.